The molecule has 192 valence electrons. The molecule has 1 aliphatic heterocycles. The molecule has 2 aromatic carbocycles. The zero-order chi connectivity index (χ0) is 26.0. The van der Waals surface area contributed by atoms with E-state index < -0.39 is 5.92 Å². The van der Waals surface area contributed by atoms with Gasteiger partial charge in [-0.2, -0.15) is 0 Å². The Balaban J connectivity index is 1.29. The van der Waals surface area contributed by atoms with Crippen molar-refractivity contribution in [3.8, 4) is 17.1 Å². The van der Waals surface area contributed by atoms with E-state index in [1.165, 1.54) is 11.1 Å². The molecule has 5 nitrogen and oxygen atoms in total. The molecular weight excluding hydrogens is 472 g/mol. The van der Waals surface area contributed by atoms with E-state index in [4.69, 9.17) is 9.26 Å². The highest BCUT2D eigenvalue weighted by Crippen LogP contribution is 2.40. The molecule has 0 aliphatic carbocycles. The van der Waals surface area contributed by atoms with E-state index in [-0.39, 0.29) is 18.5 Å². The molecular formula is C30H31F2N3O2. The van der Waals surface area contributed by atoms with Gasteiger partial charge in [0.2, 0.25) is 0 Å². The SMILES string of the molecule is CC(C)C(C)(c1ccc(OCc2ccccn2)cc1)c1ccc(-c2cc(CN3CC(F)(F)C3)no2)cc1. The lowest BCUT2D eigenvalue weighted by molar-refractivity contribution is -0.134. The van der Waals surface area contributed by atoms with Gasteiger partial charge in [-0.3, -0.25) is 9.88 Å². The molecule has 1 fully saturated rings. The second-order valence-corrected chi connectivity index (χ2v) is 10.3. The third-order valence-corrected chi connectivity index (χ3v) is 7.35. The lowest BCUT2D eigenvalue weighted by atomic mass is 9.68. The summed E-state index contributed by atoms with van der Waals surface area (Å²) in [6.45, 7) is 7.04. The van der Waals surface area contributed by atoms with Crippen LogP contribution in [0, 0.1) is 5.92 Å². The van der Waals surface area contributed by atoms with Gasteiger partial charge >= 0.3 is 0 Å². The molecule has 7 heteroatoms. The Morgan fingerprint density at radius 3 is 2.24 bits per heavy atom. The maximum Gasteiger partial charge on any atom is 0.272 e. The fourth-order valence-electron chi connectivity index (χ4n) is 4.82. The Hall–Kier alpha value is -3.58. The van der Waals surface area contributed by atoms with Crippen molar-refractivity contribution in [2.75, 3.05) is 13.1 Å². The van der Waals surface area contributed by atoms with Gasteiger partial charge in [0.15, 0.2) is 5.76 Å². The van der Waals surface area contributed by atoms with Crippen LogP contribution in [0.1, 0.15) is 43.3 Å². The minimum absolute atomic E-state index is 0.215. The molecule has 1 aliphatic rings. The number of rotatable bonds is 9. The second-order valence-electron chi connectivity index (χ2n) is 10.3. The first-order valence-electron chi connectivity index (χ1n) is 12.5. The zero-order valence-corrected chi connectivity index (χ0v) is 21.3. The largest absolute Gasteiger partial charge is 0.487 e. The third-order valence-electron chi connectivity index (χ3n) is 7.35. The van der Waals surface area contributed by atoms with Crippen LogP contribution in [0.5, 0.6) is 5.75 Å². The zero-order valence-electron chi connectivity index (χ0n) is 21.3. The number of benzene rings is 2. The lowest BCUT2D eigenvalue weighted by Crippen LogP contribution is -2.55. The smallest absolute Gasteiger partial charge is 0.272 e. The van der Waals surface area contributed by atoms with Gasteiger partial charge in [0.05, 0.1) is 24.5 Å². The maximum atomic E-state index is 13.1. The molecule has 5 rings (SSSR count). The van der Waals surface area contributed by atoms with Crippen LogP contribution in [0.3, 0.4) is 0 Å². The number of halogens is 2. The quantitative estimate of drug-likeness (QED) is 0.254. The first-order chi connectivity index (χ1) is 17.7. The Morgan fingerprint density at radius 1 is 0.973 bits per heavy atom. The summed E-state index contributed by atoms with van der Waals surface area (Å²) in [5.74, 6) is -0.808. The molecule has 4 aromatic rings. The highest BCUT2D eigenvalue weighted by atomic mass is 19.3. The molecule has 0 bridgehead atoms. The van der Waals surface area contributed by atoms with Crippen molar-refractivity contribution in [1.29, 1.82) is 0 Å². The van der Waals surface area contributed by atoms with Crippen molar-refractivity contribution >= 4 is 0 Å². The van der Waals surface area contributed by atoms with Crippen molar-refractivity contribution in [2.24, 2.45) is 5.92 Å². The molecule has 1 unspecified atom stereocenters. The van der Waals surface area contributed by atoms with Gasteiger partial charge < -0.3 is 9.26 Å². The number of pyridine rings is 1. The molecule has 0 saturated carbocycles. The molecule has 1 atom stereocenters. The number of hydrogen-bond donors (Lipinski definition) is 0. The van der Waals surface area contributed by atoms with E-state index in [9.17, 15) is 8.78 Å². The number of ether oxygens (including phenoxy) is 1. The molecule has 2 aromatic heterocycles. The molecule has 0 spiro atoms. The number of likely N-dealkylation sites (tertiary alicyclic amines) is 1. The monoisotopic (exact) mass is 503 g/mol. The van der Waals surface area contributed by atoms with E-state index in [0.29, 0.717) is 30.5 Å². The molecule has 3 heterocycles. The fraction of sp³-hybridized carbons (Fsp3) is 0.333. The van der Waals surface area contributed by atoms with Crippen LogP contribution in [-0.4, -0.2) is 34.1 Å². The van der Waals surface area contributed by atoms with Gasteiger partial charge in [-0.15, -0.1) is 0 Å². The minimum Gasteiger partial charge on any atom is -0.487 e. The van der Waals surface area contributed by atoms with Crippen LogP contribution in [0.4, 0.5) is 8.78 Å². The number of hydrogen-bond acceptors (Lipinski definition) is 5. The molecule has 37 heavy (non-hydrogen) atoms. The van der Waals surface area contributed by atoms with Crippen molar-refractivity contribution in [3.63, 3.8) is 0 Å². The summed E-state index contributed by atoms with van der Waals surface area (Å²) in [5.41, 5.74) is 4.63. The molecule has 1 saturated heterocycles. The summed E-state index contributed by atoms with van der Waals surface area (Å²) in [7, 11) is 0. The standard InChI is InChI=1S/C30H31F2N3O2/c1-21(2)29(3,24-11-13-27(14-12-24)36-18-25-6-4-5-15-33-25)23-9-7-22(8-10-23)28-16-26(34-37-28)17-35-19-30(31,32)20-35/h4-16,21H,17-20H2,1-3H3. The first-order valence-corrected chi connectivity index (χ1v) is 12.5. The van der Waals surface area contributed by atoms with Gasteiger partial charge in [-0.25, -0.2) is 8.78 Å². The summed E-state index contributed by atoms with van der Waals surface area (Å²) >= 11 is 0. The first kappa shape index (κ1) is 25.1. The van der Waals surface area contributed by atoms with Gasteiger partial charge in [-0.05, 0) is 41.3 Å². The molecule has 0 amide bonds. The topological polar surface area (TPSA) is 51.4 Å². The van der Waals surface area contributed by atoms with Crippen molar-refractivity contribution in [3.05, 3.63) is 102 Å². The fourth-order valence-corrected chi connectivity index (χ4v) is 4.82. The maximum absolute atomic E-state index is 13.1. The van der Waals surface area contributed by atoms with Crippen LogP contribution >= 0.6 is 0 Å². The number of aromatic nitrogens is 2. The average Bonchev–Trinajstić information content (AvgIpc) is 3.35. The van der Waals surface area contributed by atoms with E-state index >= 15 is 0 Å². The lowest BCUT2D eigenvalue weighted by Gasteiger charge is -2.37. The van der Waals surface area contributed by atoms with Gasteiger partial charge in [0.25, 0.3) is 5.92 Å². The van der Waals surface area contributed by atoms with Gasteiger partial charge in [-0.1, -0.05) is 68.4 Å². The number of alkyl halides is 2. The van der Waals surface area contributed by atoms with Crippen LogP contribution < -0.4 is 4.74 Å². The predicted octanol–water partition coefficient (Wildman–Crippen LogP) is 6.73. The Labute approximate surface area is 216 Å². The predicted molar refractivity (Wildman–Crippen MR) is 138 cm³/mol. The normalized spacial score (nSPS) is 16.8. The number of nitrogens with zero attached hydrogens (tertiary/aromatic N) is 3. The molecule has 0 radical (unpaired) electrons. The van der Waals surface area contributed by atoms with Gasteiger partial charge in [0, 0.05) is 29.8 Å². The van der Waals surface area contributed by atoms with E-state index in [1.54, 1.807) is 11.1 Å². The van der Waals surface area contributed by atoms with Crippen molar-refractivity contribution in [1.82, 2.24) is 15.0 Å². The van der Waals surface area contributed by atoms with E-state index in [2.05, 4.69) is 55.2 Å². The third kappa shape index (κ3) is 5.42. The highest BCUT2D eigenvalue weighted by molar-refractivity contribution is 5.59. The Morgan fingerprint density at radius 2 is 1.65 bits per heavy atom. The van der Waals surface area contributed by atoms with E-state index in [1.807, 2.05) is 48.5 Å². The van der Waals surface area contributed by atoms with Crippen LogP contribution in [0.25, 0.3) is 11.3 Å². The van der Waals surface area contributed by atoms with Crippen LogP contribution in [0.2, 0.25) is 0 Å². The summed E-state index contributed by atoms with van der Waals surface area (Å²) < 4.78 is 37.6. The van der Waals surface area contributed by atoms with Crippen LogP contribution in [0.15, 0.2) is 83.5 Å². The summed E-state index contributed by atoms with van der Waals surface area (Å²) in [6, 6.07) is 24.2. The average molecular weight is 504 g/mol. The minimum atomic E-state index is -2.58. The highest BCUT2D eigenvalue weighted by Gasteiger charge is 2.43. The second kappa shape index (κ2) is 10.1. The Bertz CT molecular complexity index is 1310. The van der Waals surface area contributed by atoms with Crippen molar-refractivity contribution in [2.45, 2.75) is 45.3 Å². The summed E-state index contributed by atoms with van der Waals surface area (Å²) in [5, 5.41) is 4.07. The summed E-state index contributed by atoms with van der Waals surface area (Å²) in [6.07, 6.45) is 1.76. The van der Waals surface area contributed by atoms with Crippen LogP contribution in [-0.2, 0) is 18.6 Å². The van der Waals surface area contributed by atoms with E-state index in [0.717, 1.165) is 17.0 Å². The summed E-state index contributed by atoms with van der Waals surface area (Å²) in [4.78, 5) is 5.96. The van der Waals surface area contributed by atoms with Crippen molar-refractivity contribution < 1.29 is 18.0 Å². The Kier molecular flexibility index (Phi) is 6.82. The molecule has 0 N–H and O–H groups in total. The van der Waals surface area contributed by atoms with Gasteiger partial charge in [0.1, 0.15) is 12.4 Å².